The number of hydrogen-bond acceptors (Lipinski definition) is 7. The highest BCUT2D eigenvalue weighted by atomic mass is 32.1. The number of carbonyl (C=O) groups is 1. The van der Waals surface area contributed by atoms with Gasteiger partial charge in [-0.2, -0.15) is 0 Å². The Labute approximate surface area is 131 Å². The fourth-order valence-corrected chi connectivity index (χ4v) is 3.03. The van der Waals surface area contributed by atoms with Gasteiger partial charge in [-0.05, 0) is 13.3 Å². The van der Waals surface area contributed by atoms with Crippen LogP contribution in [0.3, 0.4) is 0 Å². The van der Waals surface area contributed by atoms with Gasteiger partial charge in [0.25, 0.3) is 5.91 Å². The number of amides is 1. The van der Waals surface area contributed by atoms with E-state index in [1.165, 1.54) is 11.3 Å². The fraction of sp³-hybridized carbons (Fsp3) is 0.500. The van der Waals surface area contributed by atoms with Crippen LogP contribution in [0, 0.1) is 6.92 Å². The van der Waals surface area contributed by atoms with Crippen LogP contribution >= 0.6 is 11.3 Å². The molecule has 2 aromatic rings. The van der Waals surface area contributed by atoms with E-state index >= 15 is 0 Å². The van der Waals surface area contributed by atoms with Gasteiger partial charge in [0.2, 0.25) is 6.29 Å². The van der Waals surface area contributed by atoms with Crippen molar-refractivity contribution < 1.29 is 18.8 Å². The lowest BCUT2D eigenvalue weighted by Gasteiger charge is -2.04. The maximum Gasteiger partial charge on any atom is 0.263 e. The molecule has 2 aromatic heterocycles. The van der Waals surface area contributed by atoms with E-state index in [1.807, 2.05) is 13.8 Å². The lowest BCUT2D eigenvalue weighted by Crippen LogP contribution is -2.22. The zero-order valence-corrected chi connectivity index (χ0v) is 13.2. The third-order valence-corrected chi connectivity index (χ3v) is 4.42. The number of hydrogen-bond donors (Lipinski definition) is 1. The molecular formula is C14H17N3O4S. The van der Waals surface area contributed by atoms with Crippen molar-refractivity contribution in [2.75, 3.05) is 13.2 Å². The first-order valence-corrected chi connectivity index (χ1v) is 7.91. The Morgan fingerprint density at radius 3 is 2.95 bits per heavy atom. The van der Waals surface area contributed by atoms with E-state index in [-0.39, 0.29) is 5.91 Å². The molecule has 1 saturated heterocycles. The molecule has 7 nitrogen and oxygen atoms in total. The van der Waals surface area contributed by atoms with Gasteiger partial charge in [0.15, 0.2) is 0 Å². The van der Waals surface area contributed by atoms with Gasteiger partial charge in [-0.15, -0.1) is 11.3 Å². The van der Waals surface area contributed by atoms with Crippen LogP contribution in [0.4, 0.5) is 0 Å². The van der Waals surface area contributed by atoms with Gasteiger partial charge >= 0.3 is 0 Å². The number of thiazole rings is 1. The molecule has 3 heterocycles. The molecule has 118 valence electrons. The fourth-order valence-electron chi connectivity index (χ4n) is 2.20. The quantitative estimate of drug-likeness (QED) is 0.905. The van der Waals surface area contributed by atoms with E-state index in [1.54, 1.807) is 6.20 Å². The van der Waals surface area contributed by atoms with Crippen LogP contribution in [0.2, 0.25) is 0 Å². The van der Waals surface area contributed by atoms with E-state index in [4.69, 9.17) is 14.0 Å². The largest absolute Gasteiger partial charge is 0.361 e. The van der Waals surface area contributed by atoms with Crippen LogP contribution in [0.1, 0.15) is 44.9 Å². The zero-order valence-electron chi connectivity index (χ0n) is 12.4. The Hall–Kier alpha value is -1.77. The number of carbonyl (C=O) groups excluding carboxylic acids is 1. The van der Waals surface area contributed by atoms with Crippen LogP contribution in [0.15, 0.2) is 10.7 Å². The second-order valence-corrected chi connectivity index (χ2v) is 5.90. The van der Waals surface area contributed by atoms with E-state index in [2.05, 4.69) is 15.5 Å². The molecule has 3 rings (SSSR count). The first-order chi connectivity index (χ1) is 10.7. The highest BCUT2D eigenvalue weighted by molar-refractivity contribution is 7.13. The molecule has 0 radical (unpaired) electrons. The van der Waals surface area contributed by atoms with Crippen molar-refractivity contribution in [1.82, 2.24) is 15.5 Å². The molecule has 0 aromatic carbocycles. The summed E-state index contributed by atoms with van der Waals surface area (Å²) >= 11 is 1.28. The average Bonchev–Trinajstić information content (AvgIpc) is 3.25. The molecule has 0 saturated carbocycles. The second-order valence-electron chi connectivity index (χ2n) is 4.84. The van der Waals surface area contributed by atoms with Crippen molar-refractivity contribution in [2.45, 2.75) is 33.1 Å². The third-order valence-electron chi connectivity index (χ3n) is 3.40. The predicted octanol–water partition coefficient (Wildman–Crippen LogP) is 1.98. The molecule has 1 N–H and O–H groups in total. The number of nitrogens with one attached hydrogen (secondary N) is 1. The Balaban J connectivity index is 1.63. The summed E-state index contributed by atoms with van der Waals surface area (Å²) in [7, 11) is 0. The molecule has 1 aliphatic rings. The predicted molar refractivity (Wildman–Crippen MR) is 78.5 cm³/mol. The topological polar surface area (TPSA) is 86.5 Å². The molecule has 1 fully saturated rings. The molecule has 0 bridgehead atoms. The van der Waals surface area contributed by atoms with Crippen molar-refractivity contribution in [2.24, 2.45) is 0 Å². The van der Waals surface area contributed by atoms with Crippen LogP contribution in [0.25, 0.3) is 0 Å². The summed E-state index contributed by atoms with van der Waals surface area (Å²) in [5.41, 5.74) is 1.80. The van der Waals surface area contributed by atoms with Crippen molar-refractivity contribution in [3.63, 3.8) is 0 Å². The first kappa shape index (κ1) is 15.1. The monoisotopic (exact) mass is 323 g/mol. The van der Waals surface area contributed by atoms with Gasteiger partial charge in [-0.25, -0.2) is 4.98 Å². The second kappa shape index (κ2) is 6.55. The number of nitrogens with zero attached hydrogens (tertiary/aromatic N) is 2. The Kier molecular flexibility index (Phi) is 4.51. The summed E-state index contributed by atoms with van der Waals surface area (Å²) in [6.45, 7) is 5.34. The van der Waals surface area contributed by atoms with Gasteiger partial charge < -0.3 is 19.3 Å². The Bertz CT molecular complexity index is 661. The smallest absolute Gasteiger partial charge is 0.263 e. The minimum absolute atomic E-state index is 0.176. The Morgan fingerprint density at radius 1 is 1.45 bits per heavy atom. The van der Waals surface area contributed by atoms with E-state index in [0.29, 0.717) is 29.6 Å². The SMILES string of the molecule is CCc1noc(C)c1CNC(=O)c1cnc(C2OCCO2)s1. The van der Waals surface area contributed by atoms with Gasteiger partial charge in [0.05, 0.1) is 25.1 Å². The molecule has 0 unspecified atom stereocenters. The number of rotatable bonds is 5. The standard InChI is InChI=1S/C14H17N3O4S/c1-3-10-9(8(2)21-17-10)6-15-12(18)11-7-16-13(22-11)14-19-4-5-20-14/h7,14H,3-6H2,1-2H3,(H,15,18). The minimum Gasteiger partial charge on any atom is -0.361 e. The van der Waals surface area contributed by atoms with Crippen molar-refractivity contribution >= 4 is 17.2 Å². The maximum absolute atomic E-state index is 12.2. The van der Waals surface area contributed by atoms with Crippen molar-refractivity contribution in [1.29, 1.82) is 0 Å². The van der Waals surface area contributed by atoms with Gasteiger partial charge in [-0.1, -0.05) is 12.1 Å². The van der Waals surface area contributed by atoms with Gasteiger partial charge in [0.1, 0.15) is 15.6 Å². The van der Waals surface area contributed by atoms with Crippen molar-refractivity contribution in [3.8, 4) is 0 Å². The number of aryl methyl sites for hydroxylation is 2. The number of ether oxygens (including phenoxy) is 2. The molecule has 8 heteroatoms. The summed E-state index contributed by atoms with van der Waals surface area (Å²) in [4.78, 5) is 16.9. The average molecular weight is 323 g/mol. The van der Waals surface area contributed by atoms with Crippen molar-refractivity contribution in [3.05, 3.63) is 33.1 Å². The van der Waals surface area contributed by atoms with E-state index in [0.717, 1.165) is 23.4 Å². The summed E-state index contributed by atoms with van der Waals surface area (Å²) in [6.07, 6.45) is 1.86. The Morgan fingerprint density at radius 2 is 2.23 bits per heavy atom. The van der Waals surface area contributed by atoms with Crippen LogP contribution < -0.4 is 5.32 Å². The molecular weight excluding hydrogens is 306 g/mol. The molecule has 1 aliphatic heterocycles. The lowest BCUT2D eigenvalue weighted by molar-refractivity contribution is -0.0442. The normalized spacial score (nSPS) is 15.4. The summed E-state index contributed by atoms with van der Waals surface area (Å²) in [5, 5.41) is 7.51. The van der Waals surface area contributed by atoms with Crippen LogP contribution in [0.5, 0.6) is 0 Å². The number of aromatic nitrogens is 2. The van der Waals surface area contributed by atoms with Gasteiger partial charge in [0, 0.05) is 12.1 Å². The first-order valence-electron chi connectivity index (χ1n) is 7.10. The summed E-state index contributed by atoms with van der Waals surface area (Å²) in [5.74, 6) is 0.555. The lowest BCUT2D eigenvalue weighted by atomic mass is 10.1. The molecule has 0 spiro atoms. The van der Waals surface area contributed by atoms with E-state index < -0.39 is 6.29 Å². The zero-order chi connectivity index (χ0) is 15.5. The highest BCUT2D eigenvalue weighted by Crippen LogP contribution is 2.27. The molecule has 1 amide bonds. The molecule has 22 heavy (non-hydrogen) atoms. The van der Waals surface area contributed by atoms with Gasteiger partial charge in [-0.3, -0.25) is 4.79 Å². The molecule has 0 atom stereocenters. The molecule has 0 aliphatic carbocycles. The maximum atomic E-state index is 12.2. The van der Waals surface area contributed by atoms with Crippen LogP contribution in [-0.2, 0) is 22.4 Å². The summed E-state index contributed by atoms with van der Waals surface area (Å²) < 4.78 is 15.9. The van der Waals surface area contributed by atoms with E-state index in [9.17, 15) is 4.79 Å². The van der Waals surface area contributed by atoms with Crippen LogP contribution in [-0.4, -0.2) is 29.3 Å². The highest BCUT2D eigenvalue weighted by Gasteiger charge is 2.23. The summed E-state index contributed by atoms with van der Waals surface area (Å²) in [6, 6.07) is 0. The minimum atomic E-state index is -0.446. The third kappa shape index (κ3) is 3.03.